The summed E-state index contributed by atoms with van der Waals surface area (Å²) >= 11 is 0. The summed E-state index contributed by atoms with van der Waals surface area (Å²) in [6.07, 6.45) is 1.95. The highest BCUT2D eigenvalue weighted by molar-refractivity contribution is 5.92. The molecule has 0 aliphatic carbocycles. The van der Waals surface area contributed by atoms with E-state index in [0.29, 0.717) is 17.8 Å². The number of carbonyl (C=O) groups is 2. The first kappa shape index (κ1) is 15.0. The number of benzene rings is 1. The van der Waals surface area contributed by atoms with Gasteiger partial charge >= 0.3 is 0 Å². The van der Waals surface area contributed by atoms with Crippen LogP contribution in [0.15, 0.2) is 24.3 Å². The van der Waals surface area contributed by atoms with Crippen LogP contribution in [0.4, 0.5) is 5.69 Å². The van der Waals surface area contributed by atoms with Crippen molar-refractivity contribution in [3.05, 3.63) is 29.8 Å². The molecule has 6 heteroatoms. The van der Waals surface area contributed by atoms with Gasteiger partial charge in [0.2, 0.25) is 11.8 Å². The Morgan fingerprint density at radius 3 is 2.90 bits per heavy atom. The summed E-state index contributed by atoms with van der Waals surface area (Å²) in [5.74, 6) is -0.504. The minimum absolute atomic E-state index is 0.173. The first-order chi connectivity index (χ1) is 10.1. The highest BCUT2D eigenvalue weighted by Gasteiger charge is 2.28. The molecule has 110 valence electrons. The van der Waals surface area contributed by atoms with Crippen molar-refractivity contribution < 1.29 is 9.59 Å². The molecule has 1 aromatic carbocycles. The van der Waals surface area contributed by atoms with Gasteiger partial charge in [-0.15, -0.1) is 0 Å². The SMILES string of the molecule is N#Cc1ccccc1NC(=O)CCN1CCCC1C(N)=O. The third kappa shape index (κ3) is 3.80. The van der Waals surface area contributed by atoms with Gasteiger partial charge < -0.3 is 11.1 Å². The quantitative estimate of drug-likeness (QED) is 0.837. The van der Waals surface area contributed by atoms with E-state index in [0.717, 1.165) is 19.4 Å². The average molecular weight is 286 g/mol. The van der Waals surface area contributed by atoms with E-state index in [4.69, 9.17) is 11.0 Å². The standard InChI is InChI=1S/C15H18N4O2/c16-10-11-4-1-2-5-12(11)18-14(20)7-9-19-8-3-6-13(19)15(17)21/h1-2,4-5,13H,3,6-9H2,(H2,17,21)(H,18,20). The van der Waals surface area contributed by atoms with Crippen LogP contribution in [0.5, 0.6) is 0 Å². The lowest BCUT2D eigenvalue weighted by Crippen LogP contribution is -2.41. The molecule has 0 aromatic heterocycles. The van der Waals surface area contributed by atoms with Gasteiger partial charge in [-0.3, -0.25) is 14.5 Å². The van der Waals surface area contributed by atoms with E-state index in [9.17, 15) is 9.59 Å². The first-order valence-corrected chi connectivity index (χ1v) is 6.94. The third-order valence-corrected chi connectivity index (χ3v) is 3.64. The zero-order valence-electron chi connectivity index (χ0n) is 11.7. The van der Waals surface area contributed by atoms with Gasteiger partial charge in [-0.1, -0.05) is 12.1 Å². The lowest BCUT2D eigenvalue weighted by atomic mass is 10.2. The summed E-state index contributed by atoms with van der Waals surface area (Å²) < 4.78 is 0. The predicted molar refractivity (Wildman–Crippen MR) is 78.2 cm³/mol. The predicted octanol–water partition coefficient (Wildman–Crippen LogP) is 0.837. The maximum Gasteiger partial charge on any atom is 0.234 e. The van der Waals surface area contributed by atoms with Crippen molar-refractivity contribution in [2.75, 3.05) is 18.4 Å². The Hall–Kier alpha value is -2.39. The summed E-state index contributed by atoms with van der Waals surface area (Å²) in [5, 5.41) is 11.7. The zero-order chi connectivity index (χ0) is 15.2. The lowest BCUT2D eigenvalue weighted by Gasteiger charge is -2.21. The van der Waals surface area contributed by atoms with Crippen LogP contribution in [0.1, 0.15) is 24.8 Å². The smallest absolute Gasteiger partial charge is 0.234 e. The van der Waals surface area contributed by atoms with Gasteiger partial charge in [-0.05, 0) is 31.5 Å². The number of hydrogen-bond acceptors (Lipinski definition) is 4. The molecule has 0 spiro atoms. The van der Waals surface area contributed by atoms with E-state index in [1.165, 1.54) is 0 Å². The monoisotopic (exact) mass is 286 g/mol. The Labute approximate surface area is 123 Å². The maximum atomic E-state index is 12.0. The Bertz CT molecular complexity index is 579. The molecule has 0 radical (unpaired) electrons. The van der Waals surface area contributed by atoms with Crippen LogP contribution >= 0.6 is 0 Å². The van der Waals surface area contributed by atoms with Crippen LogP contribution in [-0.4, -0.2) is 35.8 Å². The number of anilines is 1. The van der Waals surface area contributed by atoms with Gasteiger partial charge in [0.1, 0.15) is 6.07 Å². The minimum atomic E-state index is -0.331. The van der Waals surface area contributed by atoms with Crippen molar-refractivity contribution in [3.63, 3.8) is 0 Å². The number of amides is 2. The number of nitrogens with one attached hydrogen (secondary N) is 1. The molecule has 1 saturated heterocycles. The first-order valence-electron chi connectivity index (χ1n) is 6.94. The zero-order valence-corrected chi connectivity index (χ0v) is 11.7. The molecular formula is C15H18N4O2. The molecule has 2 amide bonds. The average Bonchev–Trinajstić information content (AvgIpc) is 2.94. The van der Waals surface area contributed by atoms with Gasteiger partial charge in [0.25, 0.3) is 0 Å². The molecule has 1 heterocycles. The van der Waals surface area contributed by atoms with E-state index in [2.05, 4.69) is 5.32 Å². The Morgan fingerprint density at radius 2 is 2.19 bits per heavy atom. The minimum Gasteiger partial charge on any atom is -0.368 e. The number of nitrogens with two attached hydrogens (primary N) is 1. The van der Waals surface area contributed by atoms with E-state index < -0.39 is 0 Å². The van der Waals surface area contributed by atoms with Crippen molar-refractivity contribution in [2.24, 2.45) is 5.73 Å². The fourth-order valence-corrected chi connectivity index (χ4v) is 2.56. The van der Waals surface area contributed by atoms with Gasteiger partial charge in [0, 0.05) is 13.0 Å². The van der Waals surface area contributed by atoms with E-state index in [1.54, 1.807) is 24.3 Å². The van der Waals surface area contributed by atoms with Gasteiger partial charge in [0.05, 0.1) is 17.3 Å². The highest BCUT2D eigenvalue weighted by atomic mass is 16.2. The summed E-state index contributed by atoms with van der Waals surface area (Å²) in [6, 6.07) is 8.63. The molecular weight excluding hydrogens is 268 g/mol. The molecule has 6 nitrogen and oxygen atoms in total. The number of nitriles is 1. The number of rotatable bonds is 5. The molecule has 1 aliphatic heterocycles. The molecule has 1 fully saturated rings. The van der Waals surface area contributed by atoms with Crippen LogP contribution < -0.4 is 11.1 Å². The fraction of sp³-hybridized carbons (Fsp3) is 0.400. The van der Waals surface area contributed by atoms with Crippen molar-refractivity contribution >= 4 is 17.5 Å². The van der Waals surface area contributed by atoms with Crippen LogP contribution in [0.2, 0.25) is 0 Å². The number of likely N-dealkylation sites (tertiary alicyclic amines) is 1. The van der Waals surface area contributed by atoms with Crippen LogP contribution in [-0.2, 0) is 9.59 Å². The Balaban J connectivity index is 1.88. The summed E-state index contributed by atoms with van der Waals surface area (Å²) in [4.78, 5) is 25.2. The van der Waals surface area contributed by atoms with Gasteiger partial charge in [-0.25, -0.2) is 0 Å². The molecule has 1 aliphatic rings. The van der Waals surface area contributed by atoms with Gasteiger partial charge in [-0.2, -0.15) is 5.26 Å². The van der Waals surface area contributed by atoms with Crippen molar-refractivity contribution in [2.45, 2.75) is 25.3 Å². The molecule has 1 aromatic rings. The number of nitrogens with zero attached hydrogens (tertiary/aromatic N) is 2. The summed E-state index contributed by atoms with van der Waals surface area (Å²) in [7, 11) is 0. The van der Waals surface area contributed by atoms with Crippen molar-refractivity contribution in [1.82, 2.24) is 4.90 Å². The molecule has 0 bridgehead atoms. The molecule has 1 unspecified atom stereocenters. The molecule has 3 N–H and O–H groups in total. The second-order valence-corrected chi connectivity index (χ2v) is 5.05. The molecule has 0 saturated carbocycles. The lowest BCUT2D eigenvalue weighted by molar-refractivity contribution is -0.123. The topological polar surface area (TPSA) is 99.2 Å². The van der Waals surface area contributed by atoms with Crippen molar-refractivity contribution in [3.8, 4) is 6.07 Å². The molecule has 21 heavy (non-hydrogen) atoms. The van der Waals surface area contributed by atoms with E-state index in [-0.39, 0.29) is 24.3 Å². The second-order valence-electron chi connectivity index (χ2n) is 5.05. The number of hydrogen-bond donors (Lipinski definition) is 2. The Morgan fingerprint density at radius 1 is 1.43 bits per heavy atom. The second kappa shape index (κ2) is 6.86. The normalized spacial score (nSPS) is 18.1. The number of para-hydroxylation sites is 1. The summed E-state index contributed by atoms with van der Waals surface area (Å²) in [6.45, 7) is 1.28. The summed E-state index contributed by atoms with van der Waals surface area (Å²) in [5.41, 5.74) is 6.28. The number of primary amides is 1. The van der Waals surface area contributed by atoms with E-state index in [1.807, 2.05) is 11.0 Å². The molecule has 1 atom stereocenters. The highest BCUT2D eigenvalue weighted by Crippen LogP contribution is 2.18. The fourth-order valence-electron chi connectivity index (χ4n) is 2.56. The van der Waals surface area contributed by atoms with Crippen molar-refractivity contribution in [1.29, 1.82) is 5.26 Å². The van der Waals surface area contributed by atoms with E-state index >= 15 is 0 Å². The van der Waals surface area contributed by atoms with Crippen LogP contribution in [0, 0.1) is 11.3 Å². The largest absolute Gasteiger partial charge is 0.368 e. The molecule has 2 rings (SSSR count). The maximum absolute atomic E-state index is 12.0. The van der Waals surface area contributed by atoms with Crippen LogP contribution in [0.3, 0.4) is 0 Å². The number of carbonyl (C=O) groups excluding carboxylic acids is 2. The Kier molecular flexibility index (Phi) is 4.90. The van der Waals surface area contributed by atoms with Crippen LogP contribution in [0.25, 0.3) is 0 Å². The van der Waals surface area contributed by atoms with Gasteiger partial charge in [0.15, 0.2) is 0 Å². The third-order valence-electron chi connectivity index (χ3n) is 3.64.